The number of carbonyl (C=O) groups is 2. The van der Waals surface area contributed by atoms with E-state index in [4.69, 9.17) is 14.2 Å². The zero-order chi connectivity index (χ0) is 16.6. The standard InChI is InChI=1S/C15H18O8/c1-12(19,4-16)6-7-10(17)21-8(6)9-13(2)14(7,20)3-5-15(13,23-5)11(18)22-9/h5-9,16,19-20H,3-4H2,1-2H3/t5-,6-,7-,8-,9-,12?,13-,14-,15+/m1/s1. The number of aliphatic hydroxyl groups is 3. The van der Waals surface area contributed by atoms with E-state index in [-0.39, 0.29) is 6.42 Å². The van der Waals surface area contributed by atoms with Crippen molar-refractivity contribution in [3.8, 4) is 0 Å². The summed E-state index contributed by atoms with van der Waals surface area (Å²) in [7, 11) is 0. The Labute approximate surface area is 131 Å². The molecule has 3 saturated heterocycles. The number of hydrogen-bond donors (Lipinski definition) is 3. The molecule has 8 heteroatoms. The molecule has 0 aromatic carbocycles. The maximum atomic E-state index is 12.4. The number of aliphatic hydroxyl groups excluding tert-OH is 1. The highest BCUT2D eigenvalue weighted by molar-refractivity contribution is 5.91. The van der Waals surface area contributed by atoms with Crippen LogP contribution in [0.15, 0.2) is 0 Å². The monoisotopic (exact) mass is 326 g/mol. The topological polar surface area (TPSA) is 126 Å². The first-order chi connectivity index (χ1) is 10.6. The van der Waals surface area contributed by atoms with E-state index < -0.39 is 70.9 Å². The molecule has 1 spiro atoms. The van der Waals surface area contributed by atoms with Crippen molar-refractivity contribution in [2.24, 2.45) is 17.3 Å². The fourth-order valence-electron chi connectivity index (χ4n) is 5.84. The molecule has 1 unspecified atom stereocenters. The molecule has 23 heavy (non-hydrogen) atoms. The lowest BCUT2D eigenvalue weighted by atomic mass is 9.52. The number of carbonyl (C=O) groups excluding carboxylic acids is 2. The summed E-state index contributed by atoms with van der Waals surface area (Å²) >= 11 is 0. The van der Waals surface area contributed by atoms with Crippen molar-refractivity contribution in [1.29, 1.82) is 0 Å². The van der Waals surface area contributed by atoms with E-state index in [2.05, 4.69) is 0 Å². The third-order valence-corrected chi connectivity index (χ3v) is 7.07. The zero-order valence-corrected chi connectivity index (χ0v) is 12.7. The molecule has 2 saturated carbocycles. The molecule has 5 fully saturated rings. The van der Waals surface area contributed by atoms with E-state index in [0.717, 1.165) is 0 Å². The van der Waals surface area contributed by atoms with Gasteiger partial charge in [-0.3, -0.25) is 4.79 Å². The van der Waals surface area contributed by atoms with E-state index in [9.17, 15) is 24.9 Å². The Hall–Kier alpha value is -1.22. The Morgan fingerprint density at radius 1 is 1.35 bits per heavy atom. The van der Waals surface area contributed by atoms with E-state index in [0.29, 0.717) is 0 Å². The molecule has 2 bridgehead atoms. The molecule has 8 nitrogen and oxygen atoms in total. The lowest BCUT2D eigenvalue weighted by Crippen LogP contribution is -2.69. The van der Waals surface area contributed by atoms with Crippen LogP contribution in [0.1, 0.15) is 20.3 Å². The average molecular weight is 326 g/mol. The SMILES string of the molecule is CC(O)(CO)[C@H]1[C@H]2OC(=O)[C@@H]1[C@]1(O)C[C@H]3O[C@]34C(=O)O[C@H]2[C@]14C. The fraction of sp³-hybridized carbons (Fsp3) is 0.867. The summed E-state index contributed by atoms with van der Waals surface area (Å²) in [5.41, 5.74) is -5.55. The van der Waals surface area contributed by atoms with Crippen molar-refractivity contribution in [3.63, 3.8) is 0 Å². The molecule has 5 rings (SSSR count). The molecule has 0 aromatic rings. The molecule has 2 aliphatic carbocycles. The Balaban J connectivity index is 1.74. The van der Waals surface area contributed by atoms with Gasteiger partial charge in [-0.15, -0.1) is 0 Å². The van der Waals surface area contributed by atoms with E-state index in [1.54, 1.807) is 6.92 Å². The minimum Gasteiger partial charge on any atom is -0.458 e. The highest BCUT2D eigenvalue weighted by Crippen LogP contribution is 2.77. The molecule has 3 N–H and O–H groups in total. The predicted molar refractivity (Wildman–Crippen MR) is 69.7 cm³/mol. The Morgan fingerprint density at radius 2 is 2.04 bits per heavy atom. The van der Waals surface area contributed by atoms with E-state index >= 15 is 0 Å². The molecule has 9 atom stereocenters. The largest absolute Gasteiger partial charge is 0.458 e. The number of fused-ring (bicyclic) bond motifs is 4. The summed E-state index contributed by atoms with van der Waals surface area (Å²) in [5, 5.41) is 31.5. The van der Waals surface area contributed by atoms with Crippen molar-refractivity contribution in [2.45, 2.75) is 55.4 Å². The molecule has 3 heterocycles. The van der Waals surface area contributed by atoms with E-state index in [1.807, 2.05) is 0 Å². The van der Waals surface area contributed by atoms with Crippen LogP contribution in [0.25, 0.3) is 0 Å². The van der Waals surface area contributed by atoms with Gasteiger partial charge in [0.1, 0.15) is 12.2 Å². The minimum absolute atomic E-state index is 0.111. The fourth-order valence-corrected chi connectivity index (χ4v) is 5.84. The van der Waals surface area contributed by atoms with Crippen LogP contribution in [-0.2, 0) is 23.8 Å². The van der Waals surface area contributed by atoms with Crippen LogP contribution in [0.5, 0.6) is 0 Å². The number of hydrogen-bond acceptors (Lipinski definition) is 8. The van der Waals surface area contributed by atoms with Crippen LogP contribution < -0.4 is 0 Å². The van der Waals surface area contributed by atoms with Gasteiger partial charge in [0.2, 0.25) is 5.60 Å². The van der Waals surface area contributed by atoms with Crippen LogP contribution in [-0.4, -0.2) is 69.0 Å². The van der Waals surface area contributed by atoms with Crippen molar-refractivity contribution >= 4 is 11.9 Å². The summed E-state index contributed by atoms with van der Waals surface area (Å²) in [6.07, 6.45) is -2.19. The molecule has 0 amide bonds. The quantitative estimate of drug-likeness (QED) is 0.397. The highest BCUT2D eigenvalue weighted by Gasteiger charge is 2.95. The number of esters is 2. The van der Waals surface area contributed by atoms with Gasteiger partial charge in [-0.2, -0.15) is 0 Å². The lowest BCUT2D eigenvalue weighted by Gasteiger charge is -2.53. The molecule has 5 aliphatic rings. The minimum atomic E-state index is -1.64. The van der Waals surface area contributed by atoms with E-state index in [1.165, 1.54) is 6.92 Å². The Bertz CT molecular complexity index is 660. The molecular formula is C15H18O8. The third kappa shape index (κ3) is 1.10. The first kappa shape index (κ1) is 14.2. The Kier molecular flexibility index (Phi) is 2.10. The summed E-state index contributed by atoms with van der Waals surface area (Å²) in [6, 6.07) is 0. The van der Waals surface area contributed by atoms with Crippen LogP contribution in [0, 0.1) is 17.3 Å². The highest BCUT2D eigenvalue weighted by atomic mass is 16.7. The second-order valence-corrected chi connectivity index (χ2v) is 7.92. The average Bonchev–Trinajstić information content (AvgIpc) is 2.95. The summed E-state index contributed by atoms with van der Waals surface area (Å²) < 4.78 is 16.4. The zero-order valence-electron chi connectivity index (χ0n) is 12.7. The second kappa shape index (κ2) is 3.42. The summed E-state index contributed by atoms with van der Waals surface area (Å²) in [5.74, 6) is -3.06. The Morgan fingerprint density at radius 3 is 2.70 bits per heavy atom. The van der Waals surface area contributed by atoms with Crippen molar-refractivity contribution < 1.29 is 39.1 Å². The van der Waals surface area contributed by atoms with Gasteiger partial charge in [0.15, 0.2) is 6.10 Å². The molecule has 3 aliphatic heterocycles. The summed E-state index contributed by atoms with van der Waals surface area (Å²) in [6.45, 7) is 2.49. The normalized spacial score (nSPS) is 60.7. The maximum absolute atomic E-state index is 12.4. The number of epoxide rings is 1. The van der Waals surface area contributed by atoms with Crippen molar-refractivity contribution in [3.05, 3.63) is 0 Å². The van der Waals surface area contributed by atoms with Crippen LogP contribution in [0.4, 0.5) is 0 Å². The number of ether oxygens (including phenoxy) is 3. The van der Waals surface area contributed by atoms with Gasteiger partial charge in [-0.1, -0.05) is 0 Å². The number of rotatable bonds is 2. The lowest BCUT2D eigenvalue weighted by molar-refractivity contribution is -0.229. The van der Waals surface area contributed by atoms with Gasteiger partial charge in [0, 0.05) is 12.3 Å². The van der Waals surface area contributed by atoms with Crippen molar-refractivity contribution in [2.75, 3.05) is 6.61 Å². The molecular weight excluding hydrogens is 308 g/mol. The first-order valence-electron chi connectivity index (χ1n) is 7.80. The van der Waals surface area contributed by atoms with Crippen molar-refractivity contribution in [1.82, 2.24) is 0 Å². The molecule has 126 valence electrons. The predicted octanol–water partition coefficient (Wildman–Crippen LogP) is -1.89. The van der Waals surface area contributed by atoms with Crippen LogP contribution in [0.3, 0.4) is 0 Å². The molecule has 0 aromatic heterocycles. The van der Waals surface area contributed by atoms with Crippen LogP contribution in [0.2, 0.25) is 0 Å². The van der Waals surface area contributed by atoms with Gasteiger partial charge in [0.25, 0.3) is 0 Å². The second-order valence-electron chi connectivity index (χ2n) is 7.92. The maximum Gasteiger partial charge on any atom is 0.342 e. The summed E-state index contributed by atoms with van der Waals surface area (Å²) in [4.78, 5) is 24.8. The molecule has 0 radical (unpaired) electrons. The smallest absolute Gasteiger partial charge is 0.342 e. The van der Waals surface area contributed by atoms with Gasteiger partial charge in [0.05, 0.1) is 29.1 Å². The van der Waals surface area contributed by atoms with Gasteiger partial charge in [-0.25, -0.2) is 4.79 Å². The van der Waals surface area contributed by atoms with Gasteiger partial charge < -0.3 is 29.5 Å². The van der Waals surface area contributed by atoms with Gasteiger partial charge in [-0.05, 0) is 13.8 Å². The van der Waals surface area contributed by atoms with Gasteiger partial charge >= 0.3 is 11.9 Å². The first-order valence-corrected chi connectivity index (χ1v) is 7.80. The third-order valence-electron chi connectivity index (χ3n) is 7.07. The van der Waals surface area contributed by atoms with Crippen LogP contribution >= 0.6 is 0 Å².